The van der Waals surface area contributed by atoms with Crippen LogP contribution < -0.4 is 0 Å². The van der Waals surface area contributed by atoms with Crippen molar-refractivity contribution in [3.05, 3.63) is 125 Å². The lowest BCUT2D eigenvalue weighted by Crippen LogP contribution is -2.49. The second-order valence-corrected chi connectivity index (χ2v) is 7.60. The topological polar surface area (TPSA) is 0 Å². The standard InChI is InChI=1S/C26H18F6/c27-25(28,29)22-21(18-10-4-1-5-11-18)16-17-24(23(22)26(30,31)32,19-12-6-2-7-13-19)20-14-8-3-9-15-20/h1-17,23H. The molecule has 0 saturated heterocycles. The Balaban J connectivity index is 2.12. The Morgan fingerprint density at radius 3 is 1.44 bits per heavy atom. The maximum absolute atomic E-state index is 14.7. The summed E-state index contributed by atoms with van der Waals surface area (Å²) in [6, 6.07) is 22.5. The molecular formula is C26H18F6. The van der Waals surface area contributed by atoms with Crippen molar-refractivity contribution in [3.63, 3.8) is 0 Å². The minimum atomic E-state index is -5.20. The summed E-state index contributed by atoms with van der Waals surface area (Å²) in [5, 5.41) is 0. The molecule has 0 heterocycles. The first-order valence-electron chi connectivity index (χ1n) is 9.89. The van der Waals surface area contributed by atoms with Crippen LogP contribution in [-0.2, 0) is 5.41 Å². The molecule has 0 bridgehead atoms. The first-order valence-corrected chi connectivity index (χ1v) is 9.89. The Hall–Kier alpha value is -3.28. The molecule has 1 unspecified atom stereocenters. The third-order valence-electron chi connectivity index (χ3n) is 5.77. The molecule has 0 saturated carbocycles. The van der Waals surface area contributed by atoms with Gasteiger partial charge in [-0.1, -0.05) is 103 Å². The van der Waals surface area contributed by atoms with Gasteiger partial charge in [0.05, 0.1) is 11.0 Å². The Bertz CT molecular complexity index is 1080. The molecule has 32 heavy (non-hydrogen) atoms. The van der Waals surface area contributed by atoms with Crippen molar-refractivity contribution in [3.8, 4) is 0 Å². The summed E-state index contributed by atoms with van der Waals surface area (Å²) in [6.07, 6.45) is -7.93. The predicted octanol–water partition coefficient (Wildman–Crippen LogP) is 7.74. The SMILES string of the molecule is FC(F)(F)C1=C(c2ccccc2)C=CC(c2ccccc2)(c2ccccc2)C1C(F)(F)F. The van der Waals surface area contributed by atoms with Crippen molar-refractivity contribution in [2.45, 2.75) is 17.8 Å². The van der Waals surface area contributed by atoms with Gasteiger partial charge in [-0.15, -0.1) is 0 Å². The molecule has 0 nitrogen and oxygen atoms in total. The highest BCUT2D eigenvalue weighted by molar-refractivity contribution is 5.81. The first kappa shape index (κ1) is 21.9. The summed E-state index contributed by atoms with van der Waals surface area (Å²) >= 11 is 0. The molecule has 0 amide bonds. The zero-order valence-electron chi connectivity index (χ0n) is 16.7. The van der Waals surface area contributed by atoms with E-state index in [2.05, 4.69) is 0 Å². The molecule has 164 valence electrons. The fourth-order valence-electron chi connectivity index (χ4n) is 4.51. The molecule has 6 heteroatoms. The van der Waals surface area contributed by atoms with Gasteiger partial charge in [0, 0.05) is 0 Å². The van der Waals surface area contributed by atoms with E-state index < -0.39 is 34.8 Å². The lowest BCUT2D eigenvalue weighted by Gasteiger charge is -2.45. The van der Waals surface area contributed by atoms with Crippen LogP contribution in [0.15, 0.2) is 109 Å². The zero-order valence-corrected chi connectivity index (χ0v) is 16.7. The summed E-state index contributed by atoms with van der Waals surface area (Å²) in [6.45, 7) is 0. The summed E-state index contributed by atoms with van der Waals surface area (Å²) in [7, 11) is 0. The van der Waals surface area contributed by atoms with Crippen LogP contribution >= 0.6 is 0 Å². The smallest absolute Gasteiger partial charge is 0.170 e. The zero-order chi connectivity index (χ0) is 23.0. The average molecular weight is 444 g/mol. The van der Waals surface area contributed by atoms with Gasteiger partial charge in [0.25, 0.3) is 0 Å². The van der Waals surface area contributed by atoms with Crippen molar-refractivity contribution < 1.29 is 26.3 Å². The molecule has 0 radical (unpaired) electrons. The van der Waals surface area contributed by atoms with E-state index in [4.69, 9.17) is 0 Å². The van der Waals surface area contributed by atoms with Crippen LogP contribution in [0.3, 0.4) is 0 Å². The maximum Gasteiger partial charge on any atom is 0.413 e. The van der Waals surface area contributed by atoms with Crippen LogP contribution in [0.25, 0.3) is 5.57 Å². The van der Waals surface area contributed by atoms with Gasteiger partial charge in [0.15, 0.2) is 0 Å². The lowest BCUT2D eigenvalue weighted by atomic mass is 9.59. The van der Waals surface area contributed by atoms with Crippen LogP contribution in [0.1, 0.15) is 16.7 Å². The molecule has 4 rings (SSSR count). The molecular weight excluding hydrogens is 426 g/mol. The van der Waals surface area contributed by atoms with Crippen molar-refractivity contribution in [2.24, 2.45) is 5.92 Å². The van der Waals surface area contributed by atoms with Gasteiger partial charge in [0.1, 0.15) is 5.92 Å². The van der Waals surface area contributed by atoms with Gasteiger partial charge in [-0.2, -0.15) is 26.3 Å². The quantitative estimate of drug-likeness (QED) is 0.363. The highest BCUT2D eigenvalue weighted by Gasteiger charge is 2.62. The van der Waals surface area contributed by atoms with E-state index in [-0.39, 0.29) is 16.7 Å². The van der Waals surface area contributed by atoms with Crippen LogP contribution in [0, 0.1) is 5.92 Å². The molecule has 0 N–H and O–H groups in total. The Morgan fingerprint density at radius 1 is 0.594 bits per heavy atom. The summed E-state index contributed by atoms with van der Waals surface area (Å²) < 4.78 is 87.4. The van der Waals surface area contributed by atoms with Crippen molar-refractivity contribution >= 4 is 5.57 Å². The Morgan fingerprint density at radius 2 is 1.03 bits per heavy atom. The van der Waals surface area contributed by atoms with Crippen molar-refractivity contribution in [1.82, 2.24) is 0 Å². The highest BCUT2D eigenvalue weighted by Crippen LogP contribution is 2.58. The predicted molar refractivity (Wildman–Crippen MR) is 112 cm³/mol. The van der Waals surface area contributed by atoms with E-state index in [1.165, 1.54) is 84.9 Å². The molecule has 1 aliphatic rings. The second kappa shape index (κ2) is 8.01. The fourth-order valence-corrected chi connectivity index (χ4v) is 4.51. The average Bonchev–Trinajstić information content (AvgIpc) is 2.78. The van der Waals surface area contributed by atoms with E-state index in [0.717, 1.165) is 0 Å². The summed E-state index contributed by atoms with van der Waals surface area (Å²) in [5.41, 5.74) is -3.78. The van der Waals surface area contributed by atoms with Gasteiger partial charge < -0.3 is 0 Å². The lowest BCUT2D eigenvalue weighted by molar-refractivity contribution is -0.195. The third-order valence-corrected chi connectivity index (χ3v) is 5.77. The van der Waals surface area contributed by atoms with E-state index in [1.807, 2.05) is 0 Å². The maximum atomic E-state index is 14.7. The highest BCUT2D eigenvalue weighted by atomic mass is 19.4. The van der Waals surface area contributed by atoms with Gasteiger partial charge in [-0.3, -0.25) is 0 Å². The molecule has 0 aromatic heterocycles. The Kier molecular flexibility index (Phi) is 5.49. The minimum absolute atomic E-state index is 0.0834. The van der Waals surface area contributed by atoms with E-state index in [0.29, 0.717) is 0 Å². The van der Waals surface area contributed by atoms with E-state index in [9.17, 15) is 26.3 Å². The monoisotopic (exact) mass is 444 g/mol. The van der Waals surface area contributed by atoms with Gasteiger partial charge >= 0.3 is 12.4 Å². The number of benzene rings is 3. The Labute approximate surface area is 181 Å². The number of rotatable bonds is 3. The van der Waals surface area contributed by atoms with Crippen LogP contribution in [0.4, 0.5) is 26.3 Å². The van der Waals surface area contributed by atoms with Gasteiger partial charge in [-0.25, -0.2) is 0 Å². The fraction of sp³-hybridized carbons (Fsp3) is 0.154. The van der Waals surface area contributed by atoms with Crippen molar-refractivity contribution in [2.75, 3.05) is 0 Å². The first-order chi connectivity index (χ1) is 15.2. The molecule has 1 atom stereocenters. The van der Waals surface area contributed by atoms with Crippen LogP contribution in [0.2, 0.25) is 0 Å². The van der Waals surface area contributed by atoms with E-state index in [1.54, 1.807) is 18.2 Å². The van der Waals surface area contributed by atoms with Crippen molar-refractivity contribution in [1.29, 1.82) is 0 Å². The second-order valence-electron chi connectivity index (χ2n) is 7.60. The number of hydrogen-bond acceptors (Lipinski definition) is 0. The number of alkyl halides is 6. The largest absolute Gasteiger partial charge is 0.413 e. The summed E-state index contributed by atoms with van der Waals surface area (Å²) in [5.74, 6) is -2.83. The number of allylic oxidation sites excluding steroid dienone is 4. The normalized spacial score (nSPS) is 18.6. The molecule has 0 fully saturated rings. The molecule has 3 aromatic rings. The van der Waals surface area contributed by atoms with Gasteiger partial charge in [0.2, 0.25) is 0 Å². The van der Waals surface area contributed by atoms with Gasteiger partial charge in [-0.05, 0) is 22.3 Å². The minimum Gasteiger partial charge on any atom is -0.170 e. The molecule has 0 spiro atoms. The summed E-state index contributed by atoms with van der Waals surface area (Å²) in [4.78, 5) is 0. The third kappa shape index (κ3) is 3.74. The number of hydrogen-bond donors (Lipinski definition) is 0. The van der Waals surface area contributed by atoms with E-state index >= 15 is 0 Å². The molecule has 1 aliphatic carbocycles. The molecule has 0 aliphatic heterocycles. The van der Waals surface area contributed by atoms with Crippen LogP contribution in [0.5, 0.6) is 0 Å². The number of halogens is 6. The molecule has 3 aromatic carbocycles. The van der Waals surface area contributed by atoms with Crippen LogP contribution in [-0.4, -0.2) is 12.4 Å².